The second kappa shape index (κ2) is 5.73. The summed E-state index contributed by atoms with van der Waals surface area (Å²) in [5, 5.41) is 3.77. The van der Waals surface area contributed by atoms with Crippen LogP contribution in [0.3, 0.4) is 0 Å². The molecule has 1 aliphatic carbocycles. The Labute approximate surface area is 129 Å². The minimum atomic E-state index is 0.252. The standard InChI is InChI=1S/C19H30N2/c1-14(2)16-7-5-15(6-8-16)11-21-12-18(17-9-10-17)20-13-19(21,3)4/h5-8,14,17-18,20H,9-13H2,1-4H3. The van der Waals surface area contributed by atoms with Gasteiger partial charge in [0.25, 0.3) is 0 Å². The molecule has 1 aromatic carbocycles. The number of nitrogens with one attached hydrogen (secondary N) is 1. The largest absolute Gasteiger partial charge is 0.311 e. The van der Waals surface area contributed by atoms with Gasteiger partial charge in [0.15, 0.2) is 0 Å². The Morgan fingerprint density at radius 1 is 1.19 bits per heavy atom. The molecule has 2 heteroatoms. The highest BCUT2D eigenvalue weighted by atomic mass is 15.3. The lowest BCUT2D eigenvalue weighted by molar-refractivity contribution is 0.0534. The normalized spacial score (nSPS) is 26.2. The lowest BCUT2D eigenvalue weighted by atomic mass is 9.94. The molecule has 0 amide bonds. The quantitative estimate of drug-likeness (QED) is 0.906. The van der Waals surface area contributed by atoms with E-state index in [1.54, 1.807) is 0 Å². The molecule has 2 nitrogen and oxygen atoms in total. The van der Waals surface area contributed by atoms with Gasteiger partial charge in [0, 0.05) is 31.2 Å². The van der Waals surface area contributed by atoms with Crippen molar-refractivity contribution in [3.8, 4) is 0 Å². The zero-order valence-corrected chi connectivity index (χ0v) is 14.0. The third kappa shape index (κ3) is 3.49. The van der Waals surface area contributed by atoms with Crippen LogP contribution in [0.1, 0.15) is 57.6 Å². The van der Waals surface area contributed by atoms with E-state index < -0.39 is 0 Å². The second-order valence-electron chi connectivity index (χ2n) is 7.91. The van der Waals surface area contributed by atoms with Crippen LogP contribution in [0.4, 0.5) is 0 Å². The molecule has 0 aromatic heterocycles. The maximum absolute atomic E-state index is 3.77. The van der Waals surface area contributed by atoms with Crippen molar-refractivity contribution in [2.24, 2.45) is 5.92 Å². The third-order valence-electron chi connectivity index (χ3n) is 5.28. The molecule has 3 rings (SSSR count). The van der Waals surface area contributed by atoms with Crippen molar-refractivity contribution < 1.29 is 0 Å². The first-order chi connectivity index (χ1) is 9.95. The second-order valence-corrected chi connectivity index (χ2v) is 7.91. The zero-order chi connectivity index (χ0) is 15.0. The van der Waals surface area contributed by atoms with Gasteiger partial charge in [-0.3, -0.25) is 4.90 Å². The van der Waals surface area contributed by atoms with Gasteiger partial charge in [0.05, 0.1) is 0 Å². The molecular formula is C19H30N2. The highest BCUT2D eigenvalue weighted by Crippen LogP contribution is 2.36. The van der Waals surface area contributed by atoms with E-state index in [1.165, 1.54) is 30.5 Å². The molecule has 1 N–H and O–H groups in total. The van der Waals surface area contributed by atoms with Crippen molar-refractivity contribution in [2.75, 3.05) is 13.1 Å². The van der Waals surface area contributed by atoms with Crippen LogP contribution in [0, 0.1) is 5.92 Å². The maximum Gasteiger partial charge on any atom is 0.0281 e. The van der Waals surface area contributed by atoms with E-state index in [-0.39, 0.29) is 5.54 Å². The Morgan fingerprint density at radius 2 is 1.86 bits per heavy atom. The summed E-state index contributed by atoms with van der Waals surface area (Å²) in [4.78, 5) is 2.68. The average Bonchev–Trinajstić information content (AvgIpc) is 3.26. The first kappa shape index (κ1) is 15.1. The van der Waals surface area contributed by atoms with Gasteiger partial charge in [-0.05, 0) is 49.7 Å². The van der Waals surface area contributed by atoms with Crippen molar-refractivity contribution in [3.05, 3.63) is 35.4 Å². The van der Waals surface area contributed by atoms with Gasteiger partial charge in [-0.2, -0.15) is 0 Å². The highest BCUT2D eigenvalue weighted by molar-refractivity contribution is 5.25. The number of benzene rings is 1. The van der Waals surface area contributed by atoms with E-state index in [0.717, 1.165) is 19.0 Å². The molecule has 1 saturated carbocycles. The van der Waals surface area contributed by atoms with Crippen LogP contribution in [0.5, 0.6) is 0 Å². The number of hydrogen-bond donors (Lipinski definition) is 1. The van der Waals surface area contributed by atoms with E-state index in [9.17, 15) is 0 Å². The van der Waals surface area contributed by atoms with Crippen LogP contribution in [0.15, 0.2) is 24.3 Å². The first-order valence-corrected chi connectivity index (χ1v) is 8.53. The fourth-order valence-electron chi connectivity index (χ4n) is 3.36. The van der Waals surface area contributed by atoms with Crippen LogP contribution >= 0.6 is 0 Å². The maximum atomic E-state index is 3.77. The molecule has 1 atom stereocenters. The zero-order valence-electron chi connectivity index (χ0n) is 14.0. The lowest BCUT2D eigenvalue weighted by Gasteiger charge is -2.46. The Bertz CT molecular complexity index is 471. The Morgan fingerprint density at radius 3 is 2.43 bits per heavy atom. The van der Waals surface area contributed by atoms with Crippen LogP contribution in [0.25, 0.3) is 0 Å². The van der Waals surface area contributed by atoms with Crippen LogP contribution in [0.2, 0.25) is 0 Å². The van der Waals surface area contributed by atoms with Crippen LogP contribution in [-0.2, 0) is 6.54 Å². The molecular weight excluding hydrogens is 256 g/mol. The van der Waals surface area contributed by atoms with Gasteiger partial charge >= 0.3 is 0 Å². The molecule has 21 heavy (non-hydrogen) atoms. The van der Waals surface area contributed by atoms with Crippen LogP contribution < -0.4 is 5.32 Å². The summed E-state index contributed by atoms with van der Waals surface area (Å²) in [6.07, 6.45) is 2.85. The van der Waals surface area contributed by atoms with Crippen LogP contribution in [-0.4, -0.2) is 29.6 Å². The summed E-state index contributed by atoms with van der Waals surface area (Å²) in [5.41, 5.74) is 3.14. The van der Waals surface area contributed by atoms with Gasteiger partial charge in [0.2, 0.25) is 0 Å². The molecule has 2 fully saturated rings. The van der Waals surface area contributed by atoms with Gasteiger partial charge in [0.1, 0.15) is 0 Å². The minimum Gasteiger partial charge on any atom is -0.311 e. The summed E-state index contributed by atoms with van der Waals surface area (Å²) < 4.78 is 0. The summed E-state index contributed by atoms with van der Waals surface area (Å²) in [5.74, 6) is 1.56. The molecule has 0 bridgehead atoms. The van der Waals surface area contributed by atoms with Crippen molar-refractivity contribution in [2.45, 2.75) is 64.6 Å². The Hall–Kier alpha value is -0.860. The molecule has 1 aromatic rings. The van der Waals surface area contributed by atoms with Crippen molar-refractivity contribution in [1.29, 1.82) is 0 Å². The summed E-state index contributed by atoms with van der Waals surface area (Å²) in [6, 6.07) is 9.95. The van der Waals surface area contributed by atoms with Gasteiger partial charge < -0.3 is 5.32 Å². The molecule has 1 unspecified atom stereocenters. The smallest absolute Gasteiger partial charge is 0.0281 e. The Kier molecular flexibility index (Phi) is 4.11. The fraction of sp³-hybridized carbons (Fsp3) is 0.684. The predicted octanol–water partition coefficient (Wildman–Crippen LogP) is 3.77. The van der Waals surface area contributed by atoms with E-state index in [4.69, 9.17) is 0 Å². The number of rotatable bonds is 4. The summed E-state index contributed by atoms with van der Waals surface area (Å²) in [7, 11) is 0. The molecule has 1 aliphatic heterocycles. The molecule has 1 saturated heterocycles. The predicted molar refractivity (Wildman–Crippen MR) is 89.5 cm³/mol. The minimum absolute atomic E-state index is 0.252. The van der Waals surface area contributed by atoms with E-state index in [0.29, 0.717) is 12.0 Å². The van der Waals surface area contributed by atoms with Crippen molar-refractivity contribution in [1.82, 2.24) is 10.2 Å². The molecule has 0 spiro atoms. The van der Waals surface area contributed by atoms with Gasteiger partial charge in [-0.1, -0.05) is 38.1 Å². The van der Waals surface area contributed by atoms with Crippen molar-refractivity contribution >= 4 is 0 Å². The SMILES string of the molecule is CC(C)c1ccc(CN2CC(C3CC3)NCC2(C)C)cc1. The number of piperazine rings is 1. The monoisotopic (exact) mass is 286 g/mol. The lowest BCUT2D eigenvalue weighted by Crippen LogP contribution is -2.62. The number of nitrogens with zero attached hydrogens (tertiary/aromatic N) is 1. The van der Waals surface area contributed by atoms with E-state index in [1.807, 2.05) is 0 Å². The first-order valence-electron chi connectivity index (χ1n) is 8.53. The summed E-state index contributed by atoms with van der Waals surface area (Å²) >= 11 is 0. The molecule has 116 valence electrons. The average molecular weight is 286 g/mol. The Balaban J connectivity index is 1.68. The molecule has 0 radical (unpaired) electrons. The molecule has 2 aliphatic rings. The number of hydrogen-bond acceptors (Lipinski definition) is 2. The van der Waals surface area contributed by atoms with E-state index in [2.05, 4.69) is 62.2 Å². The topological polar surface area (TPSA) is 15.3 Å². The highest BCUT2D eigenvalue weighted by Gasteiger charge is 2.40. The van der Waals surface area contributed by atoms with Crippen molar-refractivity contribution in [3.63, 3.8) is 0 Å². The van der Waals surface area contributed by atoms with Gasteiger partial charge in [-0.25, -0.2) is 0 Å². The molecule has 1 heterocycles. The third-order valence-corrected chi connectivity index (χ3v) is 5.28. The van der Waals surface area contributed by atoms with Gasteiger partial charge in [-0.15, -0.1) is 0 Å². The fourth-order valence-corrected chi connectivity index (χ4v) is 3.36. The summed E-state index contributed by atoms with van der Waals surface area (Å²) in [6.45, 7) is 12.6. The van der Waals surface area contributed by atoms with E-state index >= 15 is 0 Å².